The van der Waals surface area contributed by atoms with Crippen molar-refractivity contribution in [1.82, 2.24) is 9.97 Å². The van der Waals surface area contributed by atoms with Crippen LogP contribution < -0.4 is 5.73 Å². The highest BCUT2D eigenvalue weighted by atomic mass is 79.9. The fourth-order valence-electron chi connectivity index (χ4n) is 1.73. The maximum absolute atomic E-state index is 5.82. The monoisotopic (exact) mass is 285 g/mol. The van der Waals surface area contributed by atoms with Crippen LogP contribution >= 0.6 is 15.9 Å². The summed E-state index contributed by atoms with van der Waals surface area (Å²) < 4.78 is 6.49. The van der Waals surface area contributed by atoms with Crippen LogP contribution in [0.25, 0.3) is 0 Å². The second kappa shape index (κ2) is 4.67. The van der Waals surface area contributed by atoms with Gasteiger partial charge in [0, 0.05) is 6.61 Å². The Labute approximate surface area is 104 Å². The Balaban J connectivity index is 2.30. The van der Waals surface area contributed by atoms with Gasteiger partial charge in [-0.3, -0.25) is 0 Å². The number of halogens is 1. The van der Waals surface area contributed by atoms with Crippen molar-refractivity contribution in [3.8, 4) is 0 Å². The van der Waals surface area contributed by atoms with Crippen molar-refractivity contribution in [2.75, 3.05) is 12.3 Å². The minimum Gasteiger partial charge on any atom is -0.383 e. The number of hydrogen-bond donors (Lipinski definition) is 1. The van der Waals surface area contributed by atoms with Crippen molar-refractivity contribution in [3.63, 3.8) is 0 Å². The number of nitrogens with two attached hydrogens (primary N) is 1. The summed E-state index contributed by atoms with van der Waals surface area (Å²) in [5.41, 5.74) is 6.69. The minimum absolute atomic E-state index is 0.0131. The number of anilines is 1. The molecule has 1 aromatic heterocycles. The second-order valence-corrected chi connectivity index (χ2v) is 4.87. The molecule has 1 aliphatic carbocycles. The van der Waals surface area contributed by atoms with Gasteiger partial charge >= 0.3 is 0 Å². The van der Waals surface area contributed by atoms with Crippen LogP contribution in [0.2, 0.25) is 0 Å². The van der Waals surface area contributed by atoms with E-state index in [0.29, 0.717) is 18.3 Å². The van der Waals surface area contributed by atoms with Crippen LogP contribution in [0.5, 0.6) is 0 Å². The topological polar surface area (TPSA) is 61.0 Å². The molecule has 1 saturated carbocycles. The molecule has 16 heavy (non-hydrogen) atoms. The molecule has 0 radical (unpaired) electrons. The number of hydrogen-bond acceptors (Lipinski definition) is 4. The second-order valence-electron chi connectivity index (χ2n) is 4.08. The van der Waals surface area contributed by atoms with Crippen LogP contribution in [-0.4, -0.2) is 16.6 Å². The van der Waals surface area contributed by atoms with Gasteiger partial charge in [0.1, 0.15) is 11.9 Å². The average Bonchev–Trinajstić information content (AvgIpc) is 3.05. The number of rotatable bonds is 4. The van der Waals surface area contributed by atoms with Crippen molar-refractivity contribution >= 4 is 21.7 Å². The Hall–Kier alpha value is -0.680. The molecule has 5 heteroatoms. The van der Waals surface area contributed by atoms with E-state index in [9.17, 15) is 0 Å². The minimum atomic E-state index is 0.0131. The molecule has 0 spiro atoms. The maximum atomic E-state index is 5.82. The predicted molar refractivity (Wildman–Crippen MR) is 66.0 cm³/mol. The molecule has 2 rings (SSSR count). The van der Waals surface area contributed by atoms with Crippen molar-refractivity contribution in [2.24, 2.45) is 5.92 Å². The third-order valence-corrected chi connectivity index (χ3v) is 3.69. The summed E-state index contributed by atoms with van der Waals surface area (Å²) in [7, 11) is 0. The lowest BCUT2D eigenvalue weighted by Crippen LogP contribution is -2.13. The van der Waals surface area contributed by atoms with Crippen molar-refractivity contribution in [2.45, 2.75) is 32.8 Å². The third kappa shape index (κ3) is 2.35. The van der Waals surface area contributed by atoms with Crippen LogP contribution in [0.15, 0.2) is 4.47 Å². The van der Waals surface area contributed by atoms with Crippen LogP contribution in [0, 0.1) is 12.8 Å². The molecule has 1 heterocycles. The molecule has 0 aliphatic heterocycles. The van der Waals surface area contributed by atoms with Crippen molar-refractivity contribution in [1.29, 1.82) is 0 Å². The SMILES string of the molecule is CCOC(c1nc(C)c(Br)c(N)n1)C1CC1. The Kier molecular flexibility index (Phi) is 3.44. The Morgan fingerprint density at radius 1 is 1.50 bits per heavy atom. The molecule has 1 unspecified atom stereocenters. The van der Waals surface area contributed by atoms with E-state index in [1.165, 1.54) is 12.8 Å². The highest BCUT2D eigenvalue weighted by Crippen LogP contribution is 2.42. The lowest BCUT2D eigenvalue weighted by molar-refractivity contribution is 0.0400. The Bertz CT molecular complexity index is 370. The van der Waals surface area contributed by atoms with Gasteiger partial charge in [-0.05, 0) is 48.5 Å². The molecular formula is C11H16BrN3O. The number of aryl methyl sites for hydroxylation is 1. The lowest BCUT2D eigenvalue weighted by atomic mass is 10.2. The van der Waals surface area contributed by atoms with Gasteiger partial charge in [-0.1, -0.05) is 0 Å². The van der Waals surface area contributed by atoms with Gasteiger partial charge in [-0.15, -0.1) is 0 Å². The molecule has 0 aromatic carbocycles. The molecule has 1 fully saturated rings. The van der Waals surface area contributed by atoms with E-state index < -0.39 is 0 Å². The van der Waals surface area contributed by atoms with E-state index in [-0.39, 0.29) is 6.10 Å². The quantitative estimate of drug-likeness (QED) is 0.924. The van der Waals surface area contributed by atoms with Crippen molar-refractivity contribution in [3.05, 3.63) is 16.0 Å². The fraction of sp³-hybridized carbons (Fsp3) is 0.636. The van der Waals surface area contributed by atoms with Gasteiger partial charge in [0.25, 0.3) is 0 Å². The highest BCUT2D eigenvalue weighted by molar-refractivity contribution is 9.10. The summed E-state index contributed by atoms with van der Waals surface area (Å²) in [5, 5.41) is 0. The smallest absolute Gasteiger partial charge is 0.160 e. The highest BCUT2D eigenvalue weighted by Gasteiger charge is 2.35. The average molecular weight is 286 g/mol. The van der Waals surface area contributed by atoms with E-state index >= 15 is 0 Å². The molecule has 0 bridgehead atoms. The number of nitrogens with zero attached hydrogens (tertiary/aromatic N) is 2. The molecule has 1 aromatic rings. The number of nitrogen functional groups attached to an aromatic ring is 1. The summed E-state index contributed by atoms with van der Waals surface area (Å²) in [4.78, 5) is 8.76. The van der Waals surface area contributed by atoms with Crippen LogP contribution in [0.1, 0.15) is 37.4 Å². The van der Waals surface area contributed by atoms with Gasteiger partial charge in [0.15, 0.2) is 5.82 Å². The zero-order valence-electron chi connectivity index (χ0n) is 9.53. The predicted octanol–water partition coefficient (Wildman–Crippen LogP) is 2.62. The van der Waals surface area contributed by atoms with E-state index in [1.54, 1.807) is 0 Å². The summed E-state index contributed by atoms with van der Waals surface area (Å²) in [6.07, 6.45) is 2.41. The van der Waals surface area contributed by atoms with Gasteiger partial charge in [0.05, 0.1) is 10.2 Å². The van der Waals surface area contributed by atoms with E-state index in [0.717, 1.165) is 16.0 Å². The lowest BCUT2D eigenvalue weighted by Gasteiger charge is -2.16. The summed E-state index contributed by atoms with van der Waals surface area (Å²) in [5.74, 6) is 1.79. The van der Waals surface area contributed by atoms with Crippen LogP contribution in [0.3, 0.4) is 0 Å². The first kappa shape index (κ1) is 11.8. The first-order valence-electron chi connectivity index (χ1n) is 5.54. The zero-order chi connectivity index (χ0) is 11.7. The summed E-state index contributed by atoms with van der Waals surface area (Å²) in [6, 6.07) is 0. The standard InChI is InChI=1S/C11H16BrN3O/c1-3-16-9(7-4-5-7)11-14-6(2)8(12)10(13)15-11/h7,9H,3-5H2,1-2H3,(H2,13,14,15). The normalized spacial score (nSPS) is 17.4. The maximum Gasteiger partial charge on any atom is 0.160 e. The zero-order valence-corrected chi connectivity index (χ0v) is 11.1. The van der Waals surface area contributed by atoms with Crippen molar-refractivity contribution < 1.29 is 4.74 Å². The van der Waals surface area contributed by atoms with Gasteiger partial charge in [0.2, 0.25) is 0 Å². The summed E-state index contributed by atoms with van der Waals surface area (Å²) >= 11 is 3.36. The molecule has 88 valence electrons. The third-order valence-electron chi connectivity index (χ3n) is 2.71. The molecule has 4 nitrogen and oxygen atoms in total. The first-order chi connectivity index (χ1) is 7.63. The van der Waals surface area contributed by atoms with Crippen LogP contribution in [-0.2, 0) is 4.74 Å². The molecule has 0 amide bonds. The van der Waals surface area contributed by atoms with Gasteiger partial charge in [-0.2, -0.15) is 0 Å². The fourth-order valence-corrected chi connectivity index (χ4v) is 1.91. The van der Waals surface area contributed by atoms with Gasteiger partial charge < -0.3 is 10.5 Å². The van der Waals surface area contributed by atoms with Gasteiger partial charge in [-0.25, -0.2) is 9.97 Å². The Morgan fingerprint density at radius 3 is 2.69 bits per heavy atom. The largest absolute Gasteiger partial charge is 0.383 e. The number of ether oxygens (including phenoxy) is 1. The summed E-state index contributed by atoms with van der Waals surface area (Å²) in [6.45, 7) is 4.59. The van der Waals surface area contributed by atoms with E-state index in [2.05, 4.69) is 25.9 Å². The van der Waals surface area contributed by atoms with E-state index in [1.807, 2.05) is 13.8 Å². The number of aromatic nitrogens is 2. The van der Waals surface area contributed by atoms with Crippen LogP contribution in [0.4, 0.5) is 5.82 Å². The molecular weight excluding hydrogens is 270 g/mol. The van der Waals surface area contributed by atoms with E-state index in [4.69, 9.17) is 10.5 Å². The molecule has 1 atom stereocenters. The molecule has 0 saturated heterocycles. The molecule has 2 N–H and O–H groups in total. The molecule has 1 aliphatic rings. The Morgan fingerprint density at radius 2 is 2.19 bits per heavy atom. The first-order valence-corrected chi connectivity index (χ1v) is 6.34.